The van der Waals surface area contributed by atoms with Crippen LogP contribution in [-0.4, -0.2) is 29.9 Å². The molecule has 2 heterocycles. The molecule has 0 aromatic heterocycles. The monoisotopic (exact) mass is 244 g/mol. The van der Waals surface area contributed by atoms with E-state index in [1.165, 1.54) is 18.4 Å². The summed E-state index contributed by atoms with van der Waals surface area (Å²) in [6.45, 7) is 2.83. The molecule has 1 N–H and O–H groups in total. The Morgan fingerprint density at radius 1 is 1.28 bits per heavy atom. The molecule has 3 rings (SSSR count). The van der Waals surface area contributed by atoms with E-state index in [0.717, 1.165) is 26.1 Å². The van der Waals surface area contributed by atoms with Gasteiger partial charge in [-0.25, -0.2) is 0 Å². The Labute approximate surface area is 108 Å². The second kappa shape index (κ2) is 5.11. The van der Waals surface area contributed by atoms with Crippen LogP contribution in [0.3, 0.4) is 0 Å². The summed E-state index contributed by atoms with van der Waals surface area (Å²) in [6, 6.07) is 10.7. The van der Waals surface area contributed by atoms with Gasteiger partial charge in [0.15, 0.2) is 0 Å². The first-order valence-electron chi connectivity index (χ1n) is 6.89. The molecule has 1 amide bonds. The highest BCUT2D eigenvalue weighted by Crippen LogP contribution is 2.31. The molecule has 1 aromatic carbocycles. The van der Waals surface area contributed by atoms with Crippen molar-refractivity contribution < 1.29 is 4.79 Å². The summed E-state index contributed by atoms with van der Waals surface area (Å²) in [5.41, 5.74) is 1.23. The minimum absolute atomic E-state index is 0.331. The van der Waals surface area contributed by atoms with Crippen LogP contribution in [-0.2, 0) is 11.3 Å². The Morgan fingerprint density at radius 3 is 2.94 bits per heavy atom. The number of nitrogens with zero attached hydrogens (tertiary/aromatic N) is 1. The zero-order valence-electron chi connectivity index (χ0n) is 10.6. The van der Waals surface area contributed by atoms with Crippen molar-refractivity contribution in [2.45, 2.75) is 31.8 Å². The summed E-state index contributed by atoms with van der Waals surface area (Å²) >= 11 is 0. The van der Waals surface area contributed by atoms with Crippen LogP contribution in [0.15, 0.2) is 30.3 Å². The van der Waals surface area contributed by atoms with Crippen molar-refractivity contribution in [3.8, 4) is 0 Å². The van der Waals surface area contributed by atoms with E-state index in [2.05, 4.69) is 22.3 Å². The number of amides is 1. The second-order valence-electron chi connectivity index (χ2n) is 5.39. The smallest absolute Gasteiger partial charge is 0.223 e. The van der Waals surface area contributed by atoms with E-state index in [1.54, 1.807) is 0 Å². The van der Waals surface area contributed by atoms with Gasteiger partial charge in [0, 0.05) is 25.6 Å². The minimum Gasteiger partial charge on any atom is -0.334 e. The molecule has 0 saturated carbocycles. The van der Waals surface area contributed by atoms with Crippen LogP contribution in [0.1, 0.15) is 24.8 Å². The van der Waals surface area contributed by atoms with Gasteiger partial charge in [0.2, 0.25) is 5.91 Å². The first-order valence-corrected chi connectivity index (χ1v) is 6.89. The van der Waals surface area contributed by atoms with Crippen LogP contribution in [0.2, 0.25) is 0 Å². The quantitative estimate of drug-likeness (QED) is 0.860. The van der Waals surface area contributed by atoms with Gasteiger partial charge in [-0.2, -0.15) is 0 Å². The number of nitrogens with one attached hydrogen (secondary N) is 1. The van der Waals surface area contributed by atoms with E-state index in [-0.39, 0.29) is 0 Å². The van der Waals surface area contributed by atoms with Crippen LogP contribution in [0.25, 0.3) is 0 Å². The number of carbonyl (C=O) groups is 1. The summed E-state index contributed by atoms with van der Waals surface area (Å²) in [4.78, 5) is 14.2. The number of hydrogen-bond donors (Lipinski definition) is 1. The Bertz CT molecular complexity index is 418. The molecule has 2 saturated heterocycles. The molecule has 0 aliphatic carbocycles. The van der Waals surface area contributed by atoms with Crippen molar-refractivity contribution in [2.75, 3.05) is 13.1 Å². The number of fused-ring (bicyclic) bond motifs is 1. The molecule has 0 radical (unpaired) electrons. The average molecular weight is 244 g/mol. The fourth-order valence-electron chi connectivity index (χ4n) is 3.21. The molecule has 0 spiro atoms. The molecule has 3 nitrogen and oxygen atoms in total. The van der Waals surface area contributed by atoms with Crippen LogP contribution in [0, 0.1) is 5.92 Å². The van der Waals surface area contributed by atoms with Crippen LogP contribution >= 0.6 is 0 Å². The fourth-order valence-corrected chi connectivity index (χ4v) is 3.21. The van der Waals surface area contributed by atoms with E-state index in [0.29, 0.717) is 17.9 Å². The zero-order chi connectivity index (χ0) is 12.4. The molecule has 96 valence electrons. The lowest BCUT2D eigenvalue weighted by atomic mass is 9.96. The van der Waals surface area contributed by atoms with Crippen molar-refractivity contribution in [3.05, 3.63) is 35.9 Å². The van der Waals surface area contributed by atoms with Gasteiger partial charge in [0.05, 0.1) is 0 Å². The van der Waals surface area contributed by atoms with E-state index in [9.17, 15) is 4.79 Å². The lowest BCUT2D eigenvalue weighted by molar-refractivity contribution is -0.129. The van der Waals surface area contributed by atoms with E-state index in [4.69, 9.17) is 0 Å². The summed E-state index contributed by atoms with van der Waals surface area (Å²) in [7, 11) is 0. The van der Waals surface area contributed by atoms with Crippen LogP contribution in [0.4, 0.5) is 0 Å². The number of hydrogen-bond acceptors (Lipinski definition) is 2. The third-order valence-electron chi connectivity index (χ3n) is 4.18. The largest absolute Gasteiger partial charge is 0.334 e. The third-order valence-corrected chi connectivity index (χ3v) is 4.18. The molecule has 2 aliphatic rings. The molecule has 0 bridgehead atoms. The zero-order valence-corrected chi connectivity index (χ0v) is 10.6. The Balaban J connectivity index is 1.76. The molecule has 1 aromatic rings. The summed E-state index contributed by atoms with van der Waals surface area (Å²) in [5.74, 6) is 0.897. The summed E-state index contributed by atoms with van der Waals surface area (Å²) < 4.78 is 0. The Hall–Kier alpha value is -1.35. The third kappa shape index (κ3) is 2.27. The Kier molecular flexibility index (Phi) is 3.33. The average Bonchev–Trinajstić information content (AvgIpc) is 2.56. The first kappa shape index (κ1) is 11.7. The van der Waals surface area contributed by atoms with Gasteiger partial charge in [-0.05, 0) is 30.9 Å². The number of rotatable bonds is 2. The van der Waals surface area contributed by atoms with Crippen molar-refractivity contribution in [1.29, 1.82) is 0 Å². The van der Waals surface area contributed by atoms with E-state index in [1.807, 2.05) is 18.2 Å². The Morgan fingerprint density at radius 2 is 2.11 bits per heavy atom. The van der Waals surface area contributed by atoms with Crippen molar-refractivity contribution in [3.63, 3.8) is 0 Å². The minimum atomic E-state index is 0.331. The normalized spacial score (nSPS) is 28.0. The predicted molar refractivity (Wildman–Crippen MR) is 71.0 cm³/mol. The van der Waals surface area contributed by atoms with Gasteiger partial charge in [0.1, 0.15) is 0 Å². The predicted octanol–water partition coefficient (Wildman–Crippen LogP) is 1.79. The molecule has 0 unspecified atom stereocenters. The van der Waals surface area contributed by atoms with Crippen LogP contribution in [0.5, 0.6) is 0 Å². The number of likely N-dealkylation sites (tertiary alicyclic amines) is 1. The fraction of sp³-hybridized carbons (Fsp3) is 0.533. The maximum Gasteiger partial charge on any atom is 0.223 e. The lowest BCUT2D eigenvalue weighted by Crippen LogP contribution is -2.40. The molecular formula is C15H20N2O. The lowest BCUT2D eigenvalue weighted by Gasteiger charge is -2.27. The summed E-state index contributed by atoms with van der Waals surface area (Å²) in [6.07, 6.45) is 3.14. The first-order chi connectivity index (χ1) is 8.84. The SMILES string of the molecule is O=C1C[C@@H]2CCCNC[C@H]2N1Cc1ccccc1. The maximum atomic E-state index is 12.2. The van der Waals surface area contributed by atoms with Gasteiger partial charge in [-0.3, -0.25) is 4.79 Å². The number of carbonyl (C=O) groups excluding carboxylic acids is 1. The van der Waals surface area contributed by atoms with Gasteiger partial charge < -0.3 is 10.2 Å². The van der Waals surface area contributed by atoms with Gasteiger partial charge in [-0.1, -0.05) is 30.3 Å². The maximum absolute atomic E-state index is 12.2. The number of benzene rings is 1. The van der Waals surface area contributed by atoms with Crippen molar-refractivity contribution in [1.82, 2.24) is 10.2 Å². The molecule has 2 fully saturated rings. The van der Waals surface area contributed by atoms with Gasteiger partial charge in [0.25, 0.3) is 0 Å². The molecular weight excluding hydrogens is 224 g/mol. The molecule has 2 atom stereocenters. The van der Waals surface area contributed by atoms with E-state index >= 15 is 0 Å². The second-order valence-corrected chi connectivity index (χ2v) is 5.39. The van der Waals surface area contributed by atoms with E-state index < -0.39 is 0 Å². The highest BCUT2D eigenvalue weighted by atomic mass is 16.2. The van der Waals surface area contributed by atoms with Gasteiger partial charge >= 0.3 is 0 Å². The highest BCUT2D eigenvalue weighted by molar-refractivity contribution is 5.79. The molecule has 18 heavy (non-hydrogen) atoms. The van der Waals surface area contributed by atoms with Crippen molar-refractivity contribution >= 4 is 5.91 Å². The topological polar surface area (TPSA) is 32.3 Å². The molecule has 3 heteroatoms. The highest BCUT2D eigenvalue weighted by Gasteiger charge is 2.39. The summed E-state index contributed by atoms with van der Waals surface area (Å²) in [5, 5.41) is 3.46. The van der Waals surface area contributed by atoms with Crippen LogP contribution < -0.4 is 5.32 Å². The van der Waals surface area contributed by atoms with Crippen molar-refractivity contribution in [2.24, 2.45) is 5.92 Å². The molecule has 2 aliphatic heterocycles. The standard InChI is InChI=1S/C15H20N2O/c18-15-9-13-7-4-8-16-10-14(13)17(15)11-12-5-2-1-3-6-12/h1-3,5-6,13-14,16H,4,7-11H2/t13-,14+/m0/s1. The van der Waals surface area contributed by atoms with Gasteiger partial charge in [-0.15, -0.1) is 0 Å².